The topological polar surface area (TPSA) is 52.6 Å². The summed E-state index contributed by atoms with van der Waals surface area (Å²) in [5.41, 5.74) is 0.861. The highest BCUT2D eigenvalue weighted by Gasteiger charge is 2.30. The van der Waals surface area contributed by atoms with Crippen molar-refractivity contribution in [1.82, 2.24) is 15.6 Å². The number of hydrogen-bond acceptors (Lipinski definition) is 3. The lowest BCUT2D eigenvalue weighted by Crippen LogP contribution is -2.36. The average Bonchev–Trinajstić information content (AvgIpc) is 2.64. The number of pyridine rings is 1. The maximum Gasteiger partial charge on any atom is 0.416 e. The van der Waals surface area contributed by atoms with E-state index in [-0.39, 0.29) is 30.5 Å². The highest BCUT2D eigenvalue weighted by molar-refractivity contribution is 14.0. The van der Waals surface area contributed by atoms with Crippen molar-refractivity contribution >= 4 is 35.8 Å². The van der Waals surface area contributed by atoms with E-state index in [0.717, 1.165) is 23.5 Å². The first-order valence-electron chi connectivity index (χ1n) is 8.60. The molecule has 0 unspecified atom stereocenters. The van der Waals surface area contributed by atoms with Crippen molar-refractivity contribution in [3.05, 3.63) is 59.3 Å². The normalized spacial score (nSPS) is 11.6. The van der Waals surface area contributed by atoms with Gasteiger partial charge in [-0.05, 0) is 42.3 Å². The molecule has 2 N–H and O–H groups in total. The van der Waals surface area contributed by atoms with Gasteiger partial charge in [-0.15, -0.1) is 24.0 Å². The lowest BCUT2D eigenvalue weighted by Gasteiger charge is -2.14. The van der Waals surface area contributed by atoms with Crippen molar-refractivity contribution in [3.63, 3.8) is 0 Å². The second kappa shape index (κ2) is 11.1. The van der Waals surface area contributed by atoms with Crippen LogP contribution >= 0.6 is 24.0 Å². The molecule has 5 nitrogen and oxygen atoms in total. The van der Waals surface area contributed by atoms with Crippen molar-refractivity contribution in [2.24, 2.45) is 4.99 Å². The summed E-state index contributed by atoms with van der Waals surface area (Å²) in [5, 5.41) is 6.28. The summed E-state index contributed by atoms with van der Waals surface area (Å²) in [6.45, 7) is 3.25. The number of alkyl halides is 3. The monoisotopic (exact) mass is 507 g/mol. The molecule has 0 atom stereocenters. The lowest BCUT2D eigenvalue weighted by atomic mass is 10.1. The zero-order valence-corrected chi connectivity index (χ0v) is 18.4. The molecule has 0 aliphatic carbocycles. The van der Waals surface area contributed by atoms with Crippen LogP contribution in [0.2, 0.25) is 0 Å². The molecule has 0 bridgehead atoms. The summed E-state index contributed by atoms with van der Waals surface area (Å²) in [6, 6.07) is 9.07. The van der Waals surface area contributed by atoms with Gasteiger partial charge in [-0.1, -0.05) is 12.1 Å². The molecular formula is C19H25F3IN5. The molecule has 0 aliphatic heterocycles. The number of anilines is 1. The Hall–Kier alpha value is -2.04. The van der Waals surface area contributed by atoms with Crippen LogP contribution in [-0.4, -0.2) is 31.6 Å². The Morgan fingerprint density at radius 1 is 1.11 bits per heavy atom. The van der Waals surface area contributed by atoms with Crippen LogP contribution in [0.5, 0.6) is 0 Å². The van der Waals surface area contributed by atoms with Crippen molar-refractivity contribution < 1.29 is 13.2 Å². The summed E-state index contributed by atoms with van der Waals surface area (Å²) >= 11 is 0. The summed E-state index contributed by atoms with van der Waals surface area (Å²) in [6.07, 6.45) is -2.62. The zero-order valence-electron chi connectivity index (χ0n) is 16.0. The first-order chi connectivity index (χ1) is 12.8. The molecule has 0 fully saturated rings. The van der Waals surface area contributed by atoms with Crippen LogP contribution in [0.4, 0.5) is 19.0 Å². The van der Waals surface area contributed by atoms with E-state index in [0.29, 0.717) is 24.6 Å². The fourth-order valence-electron chi connectivity index (χ4n) is 2.36. The van der Waals surface area contributed by atoms with Gasteiger partial charge in [-0.3, -0.25) is 0 Å². The van der Waals surface area contributed by atoms with Gasteiger partial charge in [0.1, 0.15) is 5.82 Å². The second-order valence-electron chi connectivity index (χ2n) is 6.16. The van der Waals surface area contributed by atoms with E-state index in [2.05, 4.69) is 20.6 Å². The summed E-state index contributed by atoms with van der Waals surface area (Å²) in [4.78, 5) is 10.6. The minimum absolute atomic E-state index is 0. The van der Waals surface area contributed by atoms with Crippen molar-refractivity contribution in [2.45, 2.75) is 26.2 Å². The smallest absolute Gasteiger partial charge is 0.363 e. The molecule has 2 aromatic rings. The highest BCUT2D eigenvalue weighted by atomic mass is 127. The summed E-state index contributed by atoms with van der Waals surface area (Å²) in [5.74, 6) is 1.39. The Bertz CT molecular complexity index is 778. The number of guanidine groups is 1. The number of nitrogens with zero attached hydrogens (tertiary/aromatic N) is 3. The van der Waals surface area contributed by atoms with Crippen LogP contribution in [0.1, 0.15) is 23.6 Å². The number of halogens is 4. The number of aromatic nitrogens is 1. The number of aliphatic imine (C=N–C) groups is 1. The Morgan fingerprint density at radius 3 is 2.50 bits per heavy atom. The van der Waals surface area contributed by atoms with Crippen molar-refractivity contribution in [3.8, 4) is 0 Å². The van der Waals surface area contributed by atoms with Crippen LogP contribution in [-0.2, 0) is 19.3 Å². The van der Waals surface area contributed by atoms with Gasteiger partial charge in [-0.25, -0.2) is 9.98 Å². The number of nitrogens with one attached hydrogen (secondary N) is 2. The highest BCUT2D eigenvalue weighted by Crippen LogP contribution is 2.29. The van der Waals surface area contributed by atoms with E-state index in [4.69, 9.17) is 0 Å². The van der Waals surface area contributed by atoms with Crippen molar-refractivity contribution in [2.75, 3.05) is 25.5 Å². The van der Waals surface area contributed by atoms with Crippen LogP contribution < -0.4 is 15.5 Å². The Labute approximate surface area is 180 Å². The number of rotatable bonds is 6. The maximum absolute atomic E-state index is 12.8. The van der Waals surface area contributed by atoms with Gasteiger partial charge in [0.2, 0.25) is 0 Å². The zero-order chi connectivity index (χ0) is 19.9. The van der Waals surface area contributed by atoms with E-state index in [1.165, 1.54) is 6.07 Å². The molecule has 0 radical (unpaired) electrons. The number of hydrogen-bond donors (Lipinski definition) is 2. The molecule has 9 heteroatoms. The molecule has 28 heavy (non-hydrogen) atoms. The summed E-state index contributed by atoms with van der Waals surface area (Å²) in [7, 11) is 3.83. The number of benzene rings is 1. The van der Waals surface area contributed by atoms with E-state index in [9.17, 15) is 13.2 Å². The van der Waals surface area contributed by atoms with E-state index < -0.39 is 11.7 Å². The average molecular weight is 507 g/mol. The largest absolute Gasteiger partial charge is 0.416 e. The third-order valence-electron chi connectivity index (χ3n) is 3.75. The van der Waals surface area contributed by atoms with Crippen LogP contribution in [0.15, 0.2) is 47.6 Å². The van der Waals surface area contributed by atoms with Gasteiger partial charge >= 0.3 is 6.18 Å². The molecular weight excluding hydrogens is 482 g/mol. The molecule has 0 saturated heterocycles. The van der Waals surface area contributed by atoms with Gasteiger partial charge in [0.15, 0.2) is 5.96 Å². The second-order valence-corrected chi connectivity index (χ2v) is 6.16. The fraction of sp³-hybridized carbons (Fsp3) is 0.368. The first kappa shape index (κ1) is 24.0. The Morgan fingerprint density at radius 2 is 1.86 bits per heavy atom. The Balaban J connectivity index is 0.00000392. The van der Waals surface area contributed by atoms with E-state index in [1.807, 2.05) is 38.1 Å². The quantitative estimate of drug-likeness (QED) is 0.352. The van der Waals surface area contributed by atoms with Gasteiger partial charge in [0, 0.05) is 33.4 Å². The van der Waals surface area contributed by atoms with Gasteiger partial charge in [0.05, 0.1) is 12.1 Å². The SMILES string of the molecule is CCNC(=NCc1cccc(C(F)(F)F)c1)NCc1ccnc(N(C)C)c1.I. The molecule has 154 valence electrons. The molecule has 1 aromatic heterocycles. The van der Waals surface area contributed by atoms with Gasteiger partial charge in [-0.2, -0.15) is 13.2 Å². The summed E-state index contributed by atoms with van der Waals surface area (Å²) < 4.78 is 38.4. The molecule has 2 rings (SSSR count). The fourth-order valence-corrected chi connectivity index (χ4v) is 2.36. The van der Waals surface area contributed by atoms with Crippen molar-refractivity contribution in [1.29, 1.82) is 0 Å². The minimum Gasteiger partial charge on any atom is -0.363 e. The van der Waals surface area contributed by atoms with E-state index in [1.54, 1.807) is 12.3 Å². The molecule has 1 aromatic carbocycles. The molecule has 0 aliphatic rings. The van der Waals surface area contributed by atoms with Crippen LogP contribution in [0.25, 0.3) is 0 Å². The molecule has 0 saturated carbocycles. The van der Waals surface area contributed by atoms with Gasteiger partial charge in [0.25, 0.3) is 0 Å². The van der Waals surface area contributed by atoms with E-state index >= 15 is 0 Å². The lowest BCUT2D eigenvalue weighted by molar-refractivity contribution is -0.137. The molecule has 1 heterocycles. The minimum atomic E-state index is -4.35. The van der Waals surface area contributed by atoms with Crippen LogP contribution in [0.3, 0.4) is 0 Å². The predicted molar refractivity (Wildman–Crippen MR) is 117 cm³/mol. The third-order valence-corrected chi connectivity index (χ3v) is 3.75. The molecule has 0 amide bonds. The predicted octanol–water partition coefficient (Wildman–Crippen LogP) is 4.04. The van der Waals surface area contributed by atoms with Crippen LogP contribution in [0, 0.1) is 0 Å². The first-order valence-corrected chi connectivity index (χ1v) is 8.60. The maximum atomic E-state index is 12.8. The third kappa shape index (κ3) is 7.53. The van der Waals surface area contributed by atoms with Gasteiger partial charge < -0.3 is 15.5 Å². The Kier molecular flexibility index (Phi) is 9.50. The standard InChI is InChI=1S/C19H24F3N5.HI/c1-4-23-18(26-13-15-8-9-24-17(11-15)27(2)3)25-12-14-6-5-7-16(10-14)19(20,21)22;/h5-11H,4,12-13H2,1-3H3,(H2,23,25,26);1H. The molecule has 0 spiro atoms.